The number of halogens is 1. The largest absolute Gasteiger partial charge is 0.478 e. The fourth-order valence-corrected chi connectivity index (χ4v) is 2.75. The van der Waals surface area contributed by atoms with Crippen LogP contribution in [0.2, 0.25) is 0 Å². The molecular formula is C12H11IN2O2. The van der Waals surface area contributed by atoms with Gasteiger partial charge in [0.05, 0.1) is 17.4 Å². The van der Waals surface area contributed by atoms with Crippen molar-refractivity contribution in [1.82, 2.24) is 9.78 Å². The molecule has 1 heterocycles. The molecule has 4 nitrogen and oxygen atoms in total. The van der Waals surface area contributed by atoms with Gasteiger partial charge in [0.2, 0.25) is 0 Å². The minimum atomic E-state index is -0.961. The zero-order valence-electron chi connectivity index (χ0n) is 9.44. The zero-order chi connectivity index (χ0) is 12.6. The zero-order valence-corrected chi connectivity index (χ0v) is 11.6. The topological polar surface area (TPSA) is 55.1 Å². The highest BCUT2D eigenvalue weighted by molar-refractivity contribution is 14.1. The number of hydrogen-bond donors (Lipinski definition) is 1. The molecule has 0 aliphatic heterocycles. The molecule has 1 N–H and O–H groups in total. The van der Waals surface area contributed by atoms with Crippen LogP contribution < -0.4 is 0 Å². The van der Waals surface area contributed by atoms with Gasteiger partial charge in [-0.2, -0.15) is 5.10 Å². The van der Waals surface area contributed by atoms with E-state index in [1.807, 2.05) is 26.0 Å². The second-order valence-corrected chi connectivity index (χ2v) is 5.11. The number of aryl methyl sites for hydroxylation is 2. The molecule has 17 heavy (non-hydrogen) atoms. The first kappa shape index (κ1) is 12.1. The molecule has 0 aliphatic carbocycles. The van der Waals surface area contributed by atoms with Crippen LogP contribution in [0, 0.1) is 17.4 Å². The van der Waals surface area contributed by atoms with Crippen LogP contribution in [-0.4, -0.2) is 20.9 Å². The summed E-state index contributed by atoms with van der Waals surface area (Å²) >= 11 is 2.26. The molecule has 0 spiro atoms. The van der Waals surface area contributed by atoms with Gasteiger partial charge in [-0.25, -0.2) is 9.48 Å². The lowest BCUT2D eigenvalue weighted by molar-refractivity contribution is 0.0697. The maximum Gasteiger partial charge on any atom is 0.338 e. The van der Waals surface area contributed by atoms with Gasteiger partial charge in [0.15, 0.2) is 0 Å². The van der Waals surface area contributed by atoms with Crippen LogP contribution in [0.4, 0.5) is 0 Å². The Morgan fingerprint density at radius 3 is 2.41 bits per heavy atom. The summed E-state index contributed by atoms with van der Waals surface area (Å²) < 4.78 is 2.77. The van der Waals surface area contributed by atoms with Crippen LogP contribution in [0.25, 0.3) is 5.69 Å². The van der Waals surface area contributed by atoms with E-state index in [-0.39, 0.29) is 5.56 Å². The lowest BCUT2D eigenvalue weighted by Gasteiger charge is -2.10. The van der Waals surface area contributed by atoms with Gasteiger partial charge >= 0.3 is 5.97 Å². The fourth-order valence-electron chi connectivity index (χ4n) is 1.82. The summed E-state index contributed by atoms with van der Waals surface area (Å²) in [6.07, 6.45) is 2.89. The summed E-state index contributed by atoms with van der Waals surface area (Å²) in [7, 11) is 0. The molecule has 0 fully saturated rings. The van der Waals surface area contributed by atoms with Gasteiger partial charge in [-0.3, -0.25) is 0 Å². The molecule has 1 aromatic carbocycles. The normalized spacial score (nSPS) is 10.5. The van der Waals surface area contributed by atoms with Crippen LogP contribution >= 0.6 is 22.6 Å². The Bertz CT molecular complexity index is 567. The van der Waals surface area contributed by atoms with Crippen LogP contribution in [0.5, 0.6) is 0 Å². The van der Waals surface area contributed by atoms with Crippen LogP contribution in [0.3, 0.4) is 0 Å². The minimum Gasteiger partial charge on any atom is -0.478 e. The molecule has 2 rings (SSSR count). The molecule has 0 unspecified atom stereocenters. The summed E-state index contributed by atoms with van der Waals surface area (Å²) in [5.74, 6) is -0.961. The van der Waals surface area contributed by atoms with Gasteiger partial charge < -0.3 is 5.11 Å². The lowest BCUT2D eigenvalue weighted by Crippen LogP contribution is -2.01. The Morgan fingerprint density at radius 2 is 1.94 bits per heavy atom. The number of carboxylic acid groups (broad SMARTS) is 1. The lowest BCUT2D eigenvalue weighted by atomic mass is 10.1. The Labute approximate surface area is 112 Å². The van der Waals surface area contributed by atoms with E-state index in [4.69, 9.17) is 5.11 Å². The maximum atomic E-state index is 10.8. The molecule has 0 saturated carbocycles. The second kappa shape index (κ2) is 4.48. The molecule has 88 valence electrons. The molecule has 0 aliphatic rings. The van der Waals surface area contributed by atoms with Gasteiger partial charge in [-0.1, -0.05) is 0 Å². The molecule has 1 aromatic heterocycles. The third-order valence-corrected chi connectivity index (χ3v) is 3.14. The van der Waals surface area contributed by atoms with Crippen molar-refractivity contribution in [2.45, 2.75) is 13.8 Å². The van der Waals surface area contributed by atoms with Crippen LogP contribution in [0.15, 0.2) is 24.5 Å². The van der Waals surface area contributed by atoms with Crippen molar-refractivity contribution in [3.63, 3.8) is 0 Å². The summed E-state index contributed by atoms with van der Waals surface area (Å²) in [6, 6.07) is 4.09. The summed E-state index contributed by atoms with van der Waals surface area (Å²) in [5, 5.41) is 13.0. The monoisotopic (exact) mass is 342 g/mol. The first-order valence-corrected chi connectivity index (χ1v) is 6.12. The third kappa shape index (κ3) is 2.33. The van der Waals surface area contributed by atoms with Crippen molar-refractivity contribution >= 4 is 28.6 Å². The molecule has 0 radical (unpaired) electrons. The SMILES string of the molecule is Cc1cc(I)cc(C)c1-n1cc(C(=O)O)cn1. The number of nitrogens with zero attached hydrogens (tertiary/aromatic N) is 2. The summed E-state index contributed by atoms with van der Waals surface area (Å²) in [6.45, 7) is 3.99. The fraction of sp³-hybridized carbons (Fsp3) is 0.167. The highest BCUT2D eigenvalue weighted by atomic mass is 127. The Hall–Kier alpha value is -1.37. The standard InChI is InChI=1S/C12H11IN2O2/c1-7-3-10(13)4-8(2)11(7)15-6-9(5-14-15)12(16)17/h3-6H,1-2H3,(H,16,17). The average molecular weight is 342 g/mol. The van der Waals surface area contributed by atoms with Crippen molar-refractivity contribution < 1.29 is 9.90 Å². The molecule has 0 amide bonds. The number of carboxylic acids is 1. The van der Waals surface area contributed by atoms with Gasteiger partial charge in [-0.15, -0.1) is 0 Å². The number of carbonyl (C=O) groups is 1. The van der Waals surface area contributed by atoms with E-state index in [1.165, 1.54) is 12.4 Å². The second-order valence-electron chi connectivity index (χ2n) is 3.87. The molecular weight excluding hydrogens is 331 g/mol. The van der Waals surface area contributed by atoms with Crippen molar-refractivity contribution in [1.29, 1.82) is 0 Å². The van der Waals surface area contributed by atoms with E-state index < -0.39 is 5.97 Å². The van der Waals surface area contributed by atoms with Gasteiger partial charge in [0, 0.05) is 9.77 Å². The molecule has 0 saturated heterocycles. The number of benzene rings is 1. The summed E-state index contributed by atoms with van der Waals surface area (Å²) in [4.78, 5) is 10.8. The Kier molecular flexibility index (Phi) is 3.19. The van der Waals surface area contributed by atoms with Crippen molar-refractivity contribution in [2.75, 3.05) is 0 Å². The Morgan fingerprint density at radius 1 is 1.35 bits per heavy atom. The van der Waals surface area contributed by atoms with E-state index in [1.54, 1.807) is 4.68 Å². The first-order valence-electron chi connectivity index (χ1n) is 5.04. The van der Waals surface area contributed by atoms with E-state index in [0.29, 0.717) is 0 Å². The van der Waals surface area contributed by atoms with E-state index in [9.17, 15) is 4.79 Å². The quantitative estimate of drug-likeness (QED) is 0.854. The average Bonchev–Trinajstić information content (AvgIpc) is 2.65. The minimum absolute atomic E-state index is 0.197. The predicted octanol–water partition coefficient (Wildman–Crippen LogP) is 2.79. The van der Waals surface area contributed by atoms with Crippen molar-refractivity contribution in [3.05, 3.63) is 44.8 Å². The first-order chi connectivity index (χ1) is 7.99. The van der Waals surface area contributed by atoms with E-state index >= 15 is 0 Å². The van der Waals surface area contributed by atoms with Crippen molar-refractivity contribution in [2.24, 2.45) is 0 Å². The van der Waals surface area contributed by atoms with Gasteiger partial charge in [-0.05, 0) is 59.7 Å². The van der Waals surface area contributed by atoms with Gasteiger partial charge in [0.1, 0.15) is 0 Å². The number of aromatic carboxylic acids is 1. The number of aromatic nitrogens is 2. The predicted molar refractivity (Wildman–Crippen MR) is 72.7 cm³/mol. The summed E-state index contributed by atoms with van der Waals surface area (Å²) in [5.41, 5.74) is 3.30. The van der Waals surface area contributed by atoms with E-state index in [0.717, 1.165) is 20.4 Å². The molecule has 5 heteroatoms. The van der Waals surface area contributed by atoms with Crippen LogP contribution in [-0.2, 0) is 0 Å². The number of hydrogen-bond acceptors (Lipinski definition) is 2. The van der Waals surface area contributed by atoms with Gasteiger partial charge in [0.25, 0.3) is 0 Å². The number of rotatable bonds is 2. The Balaban J connectivity index is 2.56. The third-order valence-electron chi connectivity index (χ3n) is 2.51. The highest BCUT2D eigenvalue weighted by Gasteiger charge is 2.11. The van der Waals surface area contributed by atoms with E-state index in [2.05, 4.69) is 27.7 Å². The van der Waals surface area contributed by atoms with Crippen molar-refractivity contribution in [3.8, 4) is 5.69 Å². The smallest absolute Gasteiger partial charge is 0.338 e. The highest BCUT2D eigenvalue weighted by Crippen LogP contribution is 2.21. The van der Waals surface area contributed by atoms with Crippen LogP contribution in [0.1, 0.15) is 21.5 Å². The molecule has 0 bridgehead atoms. The molecule has 0 atom stereocenters. The maximum absolute atomic E-state index is 10.8. The molecule has 2 aromatic rings.